The molecule has 6 nitrogen and oxygen atoms in total. The van der Waals surface area contributed by atoms with Crippen LogP contribution in [0, 0.1) is 17.6 Å². The van der Waals surface area contributed by atoms with Crippen molar-refractivity contribution in [2.24, 2.45) is 5.92 Å². The second-order valence-corrected chi connectivity index (χ2v) is 9.58. The number of carbonyl (C=O) groups excluding carboxylic acids is 1. The average molecular weight is 521 g/mol. The lowest BCUT2D eigenvalue weighted by molar-refractivity contribution is -0.119. The van der Waals surface area contributed by atoms with Crippen LogP contribution < -0.4 is 10.9 Å². The van der Waals surface area contributed by atoms with Crippen LogP contribution in [0.5, 0.6) is 0 Å². The lowest BCUT2D eigenvalue weighted by Gasteiger charge is -2.22. The number of halogens is 3. The van der Waals surface area contributed by atoms with E-state index in [0.29, 0.717) is 46.8 Å². The van der Waals surface area contributed by atoms with Gasteiger partial charge in [0.1, 0.15) is 11.6 Å². The molecule has 2 aromatic carbocycles. The molecule has 2 atom stereocenters. The molecule has 0 aliphatic carbocycles. The van der Waals surface area contributed by atoms with Gasteiger partial charge in [0.25, 0.3) is 5.56 Å². The summed E-state index contributed by atoms with van der Waals surface area (Å²) in [7, 11) is 0. The van der Waals surface area contributed by atoms with Crippen molar-refractivity contribution in [2.75, 3.05) is 5.32 Å². The van der Waals surface area contributed by atoms with Crippen molar-refractivity contribution >= 4 is 23.2 Å². The Morgan fingerprint density at radius 3 is 2.62 bits per heavy atom. The van der Waals surface area contributed by atoms with Crippen molar-refractivity contribution in [3.8, 4) is 22.4 Å². The highest BCUT2D eigenvalue weighted by atomic mass is 35.5. The highest BCUT2D eigenvalue weighted by Crippen LogP contribution is 2.33. The first-order valence-corrected chi connectivity index (χ1v) is 12.3. The summed E-state index contributed by atoms with van der Waals surface area (Å²) in [5.74, 6) is -1.43. The monoisotopic (exact) mass is 520 g/mol. The summed E-state index contributed by atoms with van der Waals surface area (Å²) in [6, 6.07) is 12.6. The van der Waals surface area contributed by atoms with E-state index in [4.69, 9.17) is 11.6 Å². The van der Waals surface area contributed by atoms with Crippen LogP contribution in [-0.2, 0) is 4.79 Å². The molecule has 188 valence electrons. The van der Waals surface area contributed by atoms with Gasteiger partial charge in [-0.3, -0.25) is 19.1 Å². The van der Waals surface area contributed by atoms with Crippen molar-refractivity contribution in [2.45, 2.75) is 32.2 Å². The minimum atomic E-state index is -0.535. The smallest absolute Gasteiger partial charge is 0.254 e. The zero-order valence-corrected chi connectivity index (χ0v) is 20.7. The van der Waals surface area contributed by atoms with Gasteiger partial charge in [0.05, 0.1) is 23.8 Å². The topological polar surface area (TPSA) is 76.9 Å². The number of pyridine rings is 1. The fourth-order valence-electron chi connectivity index (χ4n) is 4.58. The molecule has 4 aromatic rings. The van der Waals surface area contributed by atoms with Crippen molar-refractivity contribution in [1.82, 2.24) is 14.5 Å². The number of hydrogen-bond donors (Lipinski definition) is 1. The molecule has 1 N–H and O–H groups in total. The minimum absolute atomic E-state index is 0.133. The van der Waals surface area contributed by atoms with Crippen LogP contribution in [0.4, 0.5) is 14.5 Å². The van der Waals surface area contributed by atoms with Gasteiger partial charge in [0.15, 0.2) is 0 Å². The molecule has 1 aliphatic rings. The van der Waals surface area contributed by atoms with Crippen molar-refractivity contribution in [3.05, 3.63) is 99.8 Å². The number of hydrogen-bond acceptors (Lipinski definition) is 4. The van der Waals surface area contributed by atoms with E-state index < -0.39 is 17.7 Å². The van der Waals surface area contributed by atoms with Gasteiger partial charge in [-0.15, -0.1) is 0 Å². The average Bonchev–Trinajstić information content (AvgIpc) is 2.89. The zero-order chi connectivity index (χ0) is 26.1. The van der Waals surface area contributed by atoms with Crippen molar-refractivity contribution in [3.63, 3.8) is 0 Å². The van der Waals surface area contributed by atoms with Gasteiger partial charge in [-0.25, -0.2) is 13.8 Å². The number of amides is 1. The summed E-state index contributed by atoms with van der Waals surface area (Å²) >= 11 is 6.01. The Labute approximate surface area is 217 Å². The largest absolute Gasteiger partial charge is 0.325 e. The van der Waals surface area contributed by atoms with Crippen LogP contribution in [0.15, 0.2) is 71.9 Å². The van der Waals surface area contributed by atoms with Gasteiger partial charge in [-0.1, -0.05) is 24.9 Å². The second-order valence-electron chi connectivity index (χ2n) is 9.14. The summed E-state index contributed by atoms with van der Waals surface area (Å²) in [6.07, 6.45) is 4.70. The molecule has 9 heteroatoms. The third-order valence-corrected chi connectivity index (χ3v) is 6.85. The van der Waals surface area contributed by atoms with E-state index in [9.17, 15) is 18.4 Å². The number of aromatic nitrogens is 3. The summed E-state index contributed by atoms with van der Waals surface area (Å²) in [4.78, 5) is 35.0. The van der Waals surface area contributed by atoms with E-state index >= 15 is 0 Å². The summed E-state index contributed by atoms with van der Waals surface area (Å²) < 4.78 is 30.0. The summed E-state index contributed by atoms with van der Waals surface area (Å²) in [6.45, 7) is 1.83. The number of carbonyl (C=O) groups is 1. The molecule has 0 spiro atoms. The molecule has 2 bridgehead atoms. The first kappa shape index (κ1) is 24.8. The zero-order valence-electron chi connectivity index (χ0n) is 19.9. The Balaban J connectivity index is 1.61. The SMILES string of the molecule is CC1CCCC(n2cnc(-c3cc(Cl)ccc3F)cc2=O)c2cc(ccn2)-c2cc(F)ccc2NC1=O. The van der Waals surface area contributed by atoms with E-state index in [2.05, 4.69) is 15.3 Å². The number of nitrogens with zero attached hydrogens (tertiary/aromatic N) is 3. The maximum atomic E-state index is 14.4. The molecule has 0 fully saturated rings. The molecule has 3 heterocycles. The normalized spacial score (nSPS) is 17.8. The molecular weight excluding hydrogens is 498 g/mol. The van der Waals surface area contributed by atoms with E-state index in [1.54, 1.807) is 24.4 Å². The third kappa shape index (κ3) is 5.15. The predicted molar refractivity (Wildman–Crippen MR) is 138 cm³/mol. The van der Waals surface area contributed by atoms with Gasteiger partial charge >= 0.3 is 0 Å². The number of fused-ring (bicyclic) bond motifs is 4. The first-order chi connectivity index (χ1) is 17.8. The standard InChI is InChI=1S/C28H23ClF2N4O2/c1-16-3-2-4-26(35-15-33-24(14-27(35)36)21-12-18(29)5-7-22(21)31)25-11-17(9-10-32-25)20-13-19(30)6-8-23(20)34-28(16)37/h5-16,26H,2-4H2,1H3,(H,34,37). The lowest BCUT2D eigenvalue weighted by Crippen LogP contribution is -2.27. The summed E-state index contributed by atoms with van der Waals surface area (Å²) in [5.41, 5.74) is 2.18. The van der Waals surface area contributed by atoms with Crippen molar-refractivity contribution in [1.29, 1.82) is 0 Å². The number of benzene rings is 2. The van der Waals surface area contributed by atoms with Gasteiger partial charge < -0.3 is 5.32 Å². The van der Waals surface area contributed by atoms with Gasteiger partial charge in [0.2, 0.25) is 5.91 Å². The number of anilines is 1. The van der Waals surface area contributed by atoms with E-state index in [0.717, 1.165) is 0 Å². The fraction of sp³-hybridized carbons (Fsp3) is 0.214. The molecule has 0 saturated heterocycles. The molecule has 0 radical (unpaired) electrons. The van der Waals surface area contributed by atoms with Gasteiger partial charge in [-0.05, 0) is 66.9 Å². The van der Waals surface area contributed by atoms with Crippen LogP contribution in [-0.4, -0.2) is 20.4 Å². The first-order valence-electron chi connectivity index (χ1n) is 11.9. The maximum absolute atomic E-state index is 14.4. The molecule has 37 heavy (non-hydrogen) atoms. The van der Waals surface area contributed by atoms with E-state index in [1.807, 2.05) is 6.92 Å². The molecule has 2 aromatic heterocycles. The van der Waals surface area contributed by atoms with Gasteiger partial charge in [-0.2, -0.15) is 0 Å². The lowest BCUT2D eigenvalue weighted by atomic mass is 9.95. The predicted octanol–water partition coefficient (Wildman–Crippen LogP) is 6.25. The van der Waals surface area contributed by atoms with Crippen LogP contribution in [0.2, 0.25) is 5.02 Å². The van der Waals surface area contributed by atoms with E-state index in [1.165, 1.54) is 47.3 Å². The third-order valence-electron chi connectivity index (χ3n) is 6.61. The van der Waals surface area contributed by atoms with Gasteiger partial charge in [0, 0.05) is 40.0 Å². The van der Waals surface area contributed by atoms with Crippen molar-refractivity contribution < 1.29 is 13.6 Å². The Bertz CT molecular complexity index is 1560. The number of nitrogens with one attached hydrogen (secondary N) is 1. The Hall–Kier alpha value is -3.91. The molecule has 1 aliphatic heterocycles. The van der Waals surface area contributed by atoms with E-state index in [-0.39, 0.29) is 28.6 Å². The van der Waals surface area contributed by atoms with Crippen LogP contribution in [0.3, 0.4) is 0 Å². The molecule has 0 saturated carbocycles. The van der Waals surface area contributed by atoms with Crippen LogP contribution in [0.1, 0.15) is 37.9 Å². The number of rotatable bonds is 2. The Morgan fingerprint density at radius 2 is 1.81 bits per heavy atom. The van der Waals surface area contributed by atoms with Crippen LogP contribution >= 0.6 is 11.6 Å². The summed E-state index contributed by atoms with van der Waals surface area (Å²) in [5, 5.41) is 3.25. The second kappa shape index (κ2) is 10.2. The molecule has 2 unspecified atom stereocenters. The van der Waals surface area contributed by atoms with Crippen LogP contribution in [0.25, 0.3) is 22.4 Å². The maximum Gasteiger partial charge on any atom is 0.254 e. The Kier molecular flexibility index (Phi) is 6.84. The minimum Gasteiger partial charge on any atom is -0.325 e. The quantitative estimate of drug-likeness (QED) is 0.339. The Morgan fingerprint density at radius 1 is 0.973 bits per heavy atom. The fourth-order valence-corrected chi connectivity index (χ4v) is 4.75. The highest BCUT2D eigenvalue weighted by molar-refractivity contribution is 6.30. The molecule has 1 amide bonds. The highest BCUT2D eigenvalue weighted by Gasteiger charge is 2.23. The molecule has 5 rings (SSSR count). The molecular formula is C28H23ClF2N4O2.